The van der Waals surface area contributed by atoms with Crippen molar-refractivity contribution in [3.05, 3.63) is 60.3 Å². The van der Waals surface area contributed by atoms with Gasteiger partial charge in [-0.2, -0.15) is 9.97 Å². The summed E-state index contributed by atoms with van der Waals surface area (Å²) in [4.78, 5) is 30.5. The number of ether oxygens (including phenoxy) is 2. The molecule has 12 heteroatoms. The Morgan fingerprint density at radius 1 is 1.17 bits per heavy atom. The average molecular weight is 662 g/mol. The molecule has 4 aromatic rings. The number of pyridine rings is 1. The van der Waals surface area contributed by atoms with Crippen LogP contribution in [0.5, 0.6) is 11.8 Å². The number of hydrogen-bond donors (Lipinski definition) is 1. The van der Waals surface area contributed by atoms with Crippen LogP contribution < -0.4 is 9.64 Å². The summed E-state index contributed by atoms with van der Waals surface area (Å²) in [6, 6.07) is 5.70. The number of carbonyl (C=O) groups is 1. The van der Waals surface area contributed by atoms with Crippen LogP contribution in [0.2, 0.25) is 0 Å². The topological polar surface area (TPSA) is 101 Å². The number of anilines is 1. The molecule has 0 bridgehead atoms. The molecule has 9 nitrogen and oxygen atoms in total. The highest BCUT2D eigenvalue weighted by Crippen LogP contribution is 2.43. The van der Waals surface area contributed by atoms with Gasteiger partial charge >= 0.3 is 12.0 Å². The summed E-state index contributed by atoms with van der Waals surface area (Å²) in [5.41, 5.74) is -0.889. The second-order valence-corrected chi connectivity index (χ2v) is 13.2. The van der Waals surface area contributed by atoms with E-state index in [1.165, 1.54) is 31.5 Å². The van der Waals surface area contributed by atoms with Crippen LogP contribution in [-0.4, -0.2) is 82.5 Å². The van der Waals surface area contributed by atoms with E-state index in [-0.39, 0.29) is 41.1 Å². The molecule has 3 fully saturated rings. The number of aromatic hydroxyl groups is 1. The van der Waals surface area contributed by atoms with E-state index >= 15 is 4.39 Å². The van der Waals surface area contributed by atoms with Crippen molar-refractivity contribution in [3.63, 3.8) is 0 Å². The average Bonchev–Trinajstić information content (AvgIpc) is 3.62. The van der Waals surface area contributed by atoms with Crippen molar-refractivity contribution in [2.75, 3.05) is 44.8 Å². The number of alkyl halides is 1. The lowest BCUT2D eigenvalue weighted by Crippen LogP contribution is -2.44. The highest BCUT2D eigenvalue weighted by Gasteiger charge is 2.49. The van der Waals surface area contributed by atoms with Crippen molar-refractivity contribution < 1.29 is 32.5 Å². The van der Waals surface area contributed by atoms with Crippen molar-refractivity contribution in [2.24, 2.45) is 5.41 Å². The Hall–Kier alpha value is -4.45. The lowest BCUT2D eigenvalue weighted by atomic mass is 9.78. The van der Waals surface area contributed by atoms with Crippen molar-refractivity contribution in [1.29, 1.82) is 0 Å². The number of nitrogens with zero attached hydrogens (tertiary/aromatic N) is 5. The maximum atomic E-state index is 16.9. The Kier molecular flexibility index (Phi) is 8.17. The van der Waals surface area contributed by atoms with Crippen LogP contribution in [0.15, 0.2) is 43.1 Å². The number of aromatic nitrogens is 3. The third kappa shape index (κ3) is 5.21. The molecular formula is C36H38F3N5O4. The third-order valence-corrected chi connectivity index (χ3v) is 10.6. The fourth-order valence-electron chi connectivity index (χ4n) is 8.01. The first-order chi connectivity index (χ1) is 23.1. The fourth-order valence-corrected chi connectivity index (χ4v) is 8.01. The number of carbonyl (C=O) groups excluding carboxylic acids is 1. The van der Waals surface area contributed by atoms with Crippen molar-refractivity contribution in [2.45, 2.75) is 57.2 Å². The molecule has 0 spiro atoms. The number of piperidine rings is 1. The predicted octanol–water partition coefficient (Wildman–Crippen LogP) is 6.29. The maximum absolute atomic E-state index is 16.9. The summed E-state index contributed by atoms with van der Waals surface area (Å²) in [5.74, 6) is -1.32. The van der Waals surface area contributed by atoms with E-state index in [0.29, 0.717) is 72.9 Å². The molecule has 5 heterocycles. The van der Waals surface area contributed by atoms with E-state index in [9.17, 15) is 18.7 Å². The molecule has 3 saturated heterocycles. The Morgan fingerprint density at radius 3 is 2.69 bits per heavy atom. The van der Waals surface area contributed by atoms with E-state index in [1.807, 2.05) is 11.8 Å². The smallest absolute Gasteiger partial charge is 0.319 e. The monoisotopic (exact) mass is 661 g/mol. The summed E-state index contributed by atoms with van der Waals surface area (Å²) in [6.07, 6.45) is 5.34. The van der Waals surface area contributed by atoms with Gasteiger partial charge in [0.2, 0.25) is 0 Å². The molecule has 7 rings (SSSR count). The minimum absolute atomic E-state index is 0.0602. The first-order valence-electron chi connectivity index (χ1n) is 16.4. The zero-order chi connectivity index (χ0) is 33.8. The number of halogens is 3. The normalized spacial score (nSPS) is 22.3. The molecule has 0 amide bonds. The van der Waals surface area contributed by atoms with Crippen LogP contribution in [0.3, 0.4) is 0 Å². The highest BCUT2D eigenvalue weighted by molar-refractivity contribution is 6.01. The molecule has 0 saturated carbocycles. The Labute approximate surface area is 276 Å². The Balaban J connectivity index is 1.35. The van der Waals surface area contributed by atoms with Crippen LogP contribution in [0.25, 0.3) is 32.9 Å². The summed E-state index contributed by atoms with van der Waals surface area (Å²) < 4.78 is 57.7. The number of esters is 1. The summed E-state index contributed by atoms with van der Waals surface area (Å²) >= 11 is 0. The van der Waals surface area contributed by atoms with E-state index in [1.54, 1.807) is 12.1 Å². The SMILES string of the molecule is C=CC1(C(=O)OC)CCN(c2nc(OC[C@@]34CCCN3C[C@H](F)C4)nc3c(F)c(-c4cc(O)cc5ccc(F)c(CC)c45)ncc23)CC1. The number of hydrogen-bond acceptors (Lipinski definition) is 9. The third-order valence-electron chi connectivity index (χ3n) is 10.6. The summed E-state index contributed by atoms with van der Waals surface area (Å²) in [5, 5.41) is 11.9. The van der Waals surface area contributed by atoms with Gasteiger partial charge in [0.15, 0.2) is 5.82 Å². The molecule has 0 radical (unpaired) electrons. The van der Waals surface area contributed by atoms with Gasteiger partial charge in [0.05, 0.1) is 23.4 Å². The molecule has 0 aliphatic carbocycles. The molecular weight excluding hydrogens is 623 g/mol. The number of benzene rings is 2. The van der Waals surface area contributed by atoms with Gasteiger partial charge in [0, 0.05) is 37.8 Å². The zero-order valence-electron chi connectivity index (χ0n) is 27.1. The van der Waals surface area contributed by atoms with Crippen LogP contribution in [0.1, 0.15) is 44.6 Å². The highest BCUT2D eigenvalue weighted by atomic mass is 19.1. The second kappa shape index (κ2) is 12.2. The minimum Gasteiger partial charge on any atom is -0.508 e. The summed E-state index contributed by atoms with van der Waals surface area (Å²) in [6.45, 7) is 7.74. The number of phenols is 1. The first kappa shape index (κ1) is 32.1. The largest absolute Gasteiger partial charge is 0.508 e. The molecule has 48 heavy (non-hydrogen) atoms. The number of fused-ring (bicyclic) bond motifs is 3. The van der Waals surface area contributed by atoms with Crippen LogP contribution in [0.4, 0.5) is 19.0 Å². The molecule has 252 valence electrons. The lowest BCUT2D eigenvalue weighted by molar-refractivity contribution is -0.150. The van der Waals surface area contributed by atoms with Gasteiger partial charge in [0.25, 0.3) is 0 Å². The Morgan fingerprint density at radius 2 is 1.96 bits per heavy atom. The second-order valence-electron chi connectivity index (χ2n) is 13.2. The lowest BCUT2D eigenvalue weighted by Gasteiger charge is -2.38. The van der Waals surface area contributed by atoms with Gasteiger partial charge in [-0.05, 0) is 73.2 Å². The Bertz CT molecular complexity index is 1930. The number of aryl methyl sites for hydroxylation is 1. The molecule has 3 aliphatic rings. The van der Waals surface area contributed by atoms with Gasteiger partial charge in [0.1, 0.15) is 41.4 Å². The minimum atomic E-state index is -0.948. The van der Waals surface area contributed by atoms with Crippen molar-refractivity contribution in [1.82, 2.24) is 19.9 Å². The predicted molar refractivity (Wildman–Crippen MR) is 176 cm³/mol. The number of rotatable bonds is 8. The fraction of sp³-hybridized carbons (Fsp3) is 0.444. The first-order valence-corrected chi connectivity index (χ1v) is 16.4. The molecule has 0 unspecified atom stereocenters. The van der Waals surface area contributed by atoms with Crippen LogP contribution in [-0.2, 0) is 16.0 Å². The van der Waals surface area contributed by atoms with Gasteiger partial charge in [-0.1, -0.05) is 19.1 Å². The van der Waals surface area contributed by atoms with Crippen LogP contribution in [0, 0.1) is 17.0 Å². The van der Waals surface area contributed by atoms with Gasteiger partial charge in [-0.25, -0.2) is 13.2 Å². The molecule has 1 N–H and O–H groups in total. The number of methoxy groups -OCH3 is 1. The molecule has 2 atom stereocenters. The number of phenolic OH excluding ortho intramolecular Hbond substituents is 1. The van der Waals surface area contributed by atoms with Gasteiger partial charge < -0.3 is 19.5 Å². The molecule has 2 aromatic carbocycles. The van der Waals surface area contributed by atoms with Crippen LogP contribution >= 0.6 is 0 Å². The van der Waals surface area contributed by atoms with E-state index in [4.69, 9.17) is 14.5 Å². The van der Waals surface area contributed by atoms with Crippen molar-refractivity contribution >= 4 is 33.5 Å². The van der Waals surface area contributed by atoms with Gasteiger partial charge in [-0.15, -0.1) is 6.58 Å². The standard InChI is InChI=1S/C36H38F3N5O4/c1-4-24-27(38)8-7-21-15-23(45)16-25(28(21)24)30-29(39)31-26(18-40-30)32(43-13-10-35(5-2,11-14-43)33(46)47-3)42-34(41-31)48-20-36-9-6-12-44(36)19-22(37)17-36/h5,7-8,15-16,18,22,45H,2,4,6,9-14,17,19-20H2,1,3H3/t22-,36+/m1/s1. The molecule has 2 aromatic heterocycles. The maximum Gasteiger partial charge on any atom is 0.319 e. The summed E-state index contributed by atoms with van der Waals surface area (Å²) in [7, 11) is 1.35. The van der Waals surface area contributed by atoms with E-state index < -0.39 is 28.8 Å². The zero-order valence-corrected chi connectivity index (χ0v) is 27.1. The quantitative estimate of drug-likeness (QED) is 0.173. The van der Waals surface area contributed by atoms with Gasteiger partial charge in [-0.3, -0.25) is 14.7 Å². The van der Waals surface area contributed by atoms with E-state index in [2.05, 4.69) is 21.4 Å². The van der Waals surface area contributed by atoms with Crippen molar-refractivity contribution in [3.8, 4) is 23.0 Å². The van der Waals surface area contributed by atoms with E-state index in [0.717, 1.165) is 19.4 Å². The molecule has 3 aliphatic heterocycles.